The Kier molecular flexibility index (Phi) is 5.52. The fourth-order valence-corrected chi connectivity index (χ4v) is 2.01. The van der Waals surface area contributed by atoms with Gasteiger partial charge in [-0.25, -0.2) is 0 Å². The van der Waals surface area contributed by atoms with Gasteiger partial charge in [0.2, 0.25) is 0 Å². The lowest BCUT2D eigenvalue weighted by Gasteiger charge is -2.31. The molecule has 1 atom stereocenters. The zero-order valence-electron chi connectivity index (χ0n) is 12.9. The van der Waals surface area contributed by atoms with Gasteiger partial charge in [0, 0.05) is 12.0 Å². The molecule has 0 radical (unpaired) electrons. The van der Waals surface area contributed by atoms with Crippen molar-refractivity contribution in [1.29, 1.82) is 0 Å². The summed E-state index contributed by atoms with van der Waals surface area (Å²) in [6, 6.07) is 8.16. The summed E-state index contributed by atoms with van der Waals surface area (Å²) in [5, 5.41) is 0. The van der Waals surface area contributed by atoms with Gasteiger partial charge in [0.05, 0.1) is 5.92 Å². The molecule has 0 aliphatic rings. The molecule has 110 valence electrons. The number of esters is 1. The van der Waals surface area contributed by atoms with Crippen LogP contribution in [0.15, 0.2) is 30.8 Å². The van der Waals surface area contributed by atoms with Crippen LogP contribution in [0, 0.1) is 5.92 Å². The van der Waals surface area contributed by atoms with Gasteiger partial charge in [-0.15, -0.1) is 0 Å². The van der Waals surface area contributed by atoms with Gasteiger partial charge in [-0.3, -0.25) is 4.79 Å². The van der Waals surface area contributed by atoms with Crippen molar-refractivity contribution in [2.75, 3.05) is 13.2 Å². The summed E-state index contributed by atoms with van der Waals surface area (Å²) in [5.41, 5.74) is 8.27. The van der Waals surface area contributed by atoms with Gasteiger partial charge in [0.1, 0.15) is 6.61 Å². The van der Waals surface area contributed by atoms with Gasteiger partial charge in [-0.2, -0.15) is 0 Å². The van der Waals surface area contributed by atoms with E-state index in [0.29, 0.717) is 6.54 Å². The van der Waals surface area contributed by atoms with E-state index in [2.05, 4.69) is 26.5 Å². The van der Waals surface area contributed by atoms with E-state index >= 15 is 0 Å². The van der Waals surface area contributed by atoms with Crippen LogP contribution in [0.5, 0.6) is 0 Å². The van der Waals surface area contributed by atoms with Crippen LogP contribution in [0.2, 0.25) is 0 Å². The standard InChI is InChI=1S/C17H25NO2/c1-12(2)14-7-6-8-15(11-14)17(4,5)13(3)16(19)20-10-9-18/h6-8,11,13H,1,9-10,18H2,2-5H3. The Morgan fingerprint density at radius 3 is 2.65 bits per heavy atom. The monoisotopic (exact) mass is 275 g/mol. The molecular formula is C17H25NO2. The van der Waals surface area contributed by atoms with Crippen molar-refractivity contribution in [3.63, 3.8) is 0 Å². The van der Waals surface area contributed by atoms with Crippen molar-refractivity contribution >= 4 is 11.5 Å². The molecule has 1 aromatic carbocycles. The first-order chi connectivity index (χ1) is 9.30. The number of rotatable bonds is 6. The average molecular weight is 275 g/mol. The van der Waals surface area contributed by atoms with E-state index in [1.54, 1.807) is 0 Å². The Morgan fingerprint density at radius 2 is 2.10 bits per heavy atom. The second-order valence-corrected chi connectivity index (χ2v) is 5.76. The largest absolute Gasteiger partial charge is 0.464 e. The van der Waals surface area contributed by atoms with Crippen LogP contribution >= 0.6 is 0 Å². The minimum Gasteiger partial charge on any atom is -0.464 e. The molecule has 0 aliphatic carbocycles. The van der Waals surface area contributed by atoms with Crippen LogP contribution in [0.25, 0.3) is 5.57 Å². The third-order valence-electron chi connectivity index (χ3n) is 3.90. The fraction of sp³-hybridized carbons (Fsp3) is 0.471. The Balaban J connectivity index is 2.99. The van der Waals surface area contributed by atoms with Gasteiger partial charge >= 0.3 is 5.97 Å². The van der Waals surface area contributed by atoms with Crippen LogP contribution in [0.1, 0.15) is 38.8 Å². The summed E-state index contributed by atoms with van der Waals surface area (Å²) in [7, 11) is 0. The predicted octanol–water partition coefficient (Wildman–Crippen LogP) is 3.14. The van der Waals surface area contributed by atoms with Crippen molar-refractivity contribution in [2.24, 2.45) is 11.7 Å². The molecule has 0 amide bonds. The second-order valence-electron chi connectivity index (χ2n) is 5.76. The molecule has 3 heteroatoms. The third-order valence-corrected chi connectivity index (χ3v) is 3.90. The lowest BCUT2D eigenvalue weighted by Crippen LogP contribution is -2.34. The smallest absolute Gasteiger partial charge is 0.309 e. The molecule has 0 bridgehead atoms. The Morgan fingerprint density at radius 1 is 1.45 bits per heavy atom. The van der Waals surface area contributed by atoms with E-state index in [-0.39, 0.29) is 23.9 Å². The normalized spacial score (nSPS) is 12.8. The maximum atomic E-state index is 12.0. The minimum absolute atomic E-state index is 0.207. The molecular weight excluding hydrogens is 250 g/mol. The van der Waals surface area contributed by atoms with Gasteiger partial charge in [-0.05, 0) is 18.1 Å². The highest BCUT2D eigenvalue weighted by molar-refractivity contribution is 5.74. The van der Waals surface area contributed by atoms with Crippen LogP contribution in [0.4, 0.5) is 0 Å². The van der Waals surface area contributed by atoms with E-state index in [4.69, 9.17) is 10.5 Å². The first-order valence-electron chi connectivity index (χ1n) is 6.93. The molecule has 1 aromatic rings. The molecule has 20 heavy (non-hydrogen) atoms. The molecule has 0 spiro atoms. The average Bonchev–Trinajstić information content (AvgIpc) is 2.43. The molecule has 0 aromatic heterocycles. The number of benzene rings is 1. The highest BCUT2D eigenvalue weighted by Crippen LogP contribution is 2.33. The first kappa shape index (κ1) is 16.4. The summed E-state index contributed by atoms with van der Waals surface area (Å²) in [6.07, 6.45) is 0. The van der Waals surface area contributed by atoms with Gasteiger partial charge in [0.25, 0.3) is 0 Å². The first-order valence-corrected chi connectivity index (χ1v) is 6.93. The quantitative estimate of drug-likeness (QED) is 0.811. The maximum absolute atomic E-state index is 12.0. The van der Waals surface area contributed by atoms with E-state index < -0.39 is 0 Å². The van der Waals surface area contributed by atoms with Crippen LogP contribution in [0.3, 0.4) is 0 Å². The summed E-state index contributed by atoms with van der Waals surface area (Å²) in [4.78, 5) is 12.0. The summed E-state index contributed by atoms with van der Waals surface area (Å²) >= 11 is 0. The number of hydrogen-bond acceptors (Lipinski definition) is 3. The van der Waals surface area contributed by atoms with Gasteiger partial charge in [-0.1, -0.05) is 57.2 Å². The van der Waals surface area contributed by atoms with Crippen LogP contribution in [-0.4, -0.2) is 19.1 Å². The Hall–Kier alpha value is -1.61. The fourth-order valence-electron chi connectivity index (χ4n) is 2.01. The SMILES string of the molecule is C=C(C)c1cccc(C(C)(C)C(C)C(=O)OCCN)c1. The molecule has 1 rings (SSSR count). The van der Waals surface area contributed by atoms with Crippen molar-refractivity contribution in [3.8, 4) is 0 Å². The number of nitrogens with two attached hydrogens (primary N) is 1. The number of carbonyl (C=O) groups excluding carboxylic acids is 1. The topological polar surface area (TPSA) is 52.3 Å². The van der Waals surface area contributed by atoms with Gasteiger partial charge < -0.3 is 10.5 Å². The van der Waals surface area contributed by atoms with E-state index in [1.807, 2.05) is 32.0 Å². The number of carbonyl (C=O) groups is 1. The predicted molar refractivity (Wildman–Crippen MR) is 83.4 cm³/mol. The molecule has 0 fully saturated rings. The van der Waals surface area contributed by atoms with Crippen LogP contribution in [-0.2, 0) is 14.9 Å². The third kappa shape index (κ3) is 3.70. The summed E-state index contributed by atoms with van der Waals surface area (Å²) in [5.74, 6) is -0.449. The molecule has 2 N–H and O–H groups in total. The summed E-state index contributed by atoms with van der Waals surface area (Å²) in [6.45, 7) is 12.6. The van der Waals surface area contributed by atoms with Gasteiger partial charge in [0.15, 0.2) is 0 Å². The molecule has 0 aliphatic heterocycles. The number of hydrogen-bond donors (Lipinski definition) is 1. The molecule has 0 saturated heterocycles. The van der Waals surface area contributed by atoms with Crippen molar-refractivity contribution in [3.05, 3.63) is 42.0 Å². The lowest BCUT2D eigenvalue weighted by atomic mass is 9.73. The van der Waals surface area contributed by atoms with Crippen LogP contribution < -0.4 is 5.73 Å². The Labute approximate surface area is 121 Å². The zero-order valence-corrected chi connectivity index (χ0v) is 12.9. The van der Waals surface area contributed by atoms with Crippen molar-refractivity contribution < 1.29 is 9.53 Å². The Bertz CT molecular complexity index is 492. The molecule has 1 unspecified atom stereocenters. The minimum atomic E-state index is -0.308. The lowest BCUT2D eigenvalue weighted by molar-refractivity contribution is -0.149. The maximum Gasteiger partial charge on any atom is 0.309 e. The molecule has 3 nitrogen and oxygen atoms in total. The highest BCUT2D eigenvalue weighted by Gasteiger charge is 2.34. The second kappa shape index (κ2) is 6.71. The number of allylic oxidation sites excluding steroid dienone is 1. The van der Waals surface area contributed by atoms with E-state index in [9.17, 15) is 4.79 Å². The zero-order chi connectivity index (χ0) is 15.3. The van der Waals surface area contributed by atoms with Crippen molar-refractivity contribution in [1.82, 2.24) is 0 Å². The highest BCUT2D eigenvalue weighted by atomic mass is 16.5. The van der Waals surface area contributed by atoms with E-state index in [0.717, 1.165) is 16.7 Å². The number of ether oxygens (including phenoxy) is 1. The van der Waals surface area contributed by atoms with E-state index in [1.165, 1.54) is 0 Å². The summed E-state index contributed by atoms with van der Waals surface area (Å²) < 4.78 is 5.16. The molecule has 0 saturated carbocycles. The molecule has 0 heterocycles. The van der Waals surface area contributed by atoms with Crippen molar-refractivity contribution in [2.45, 2.75) is 33.1 Å².